The predicted molar refractivity (Wildman–Crippen MR) is 115 cm³/mol. The van der Waals surface area contributed by atoms with Crippen LogP contribution in [0.15, 0.2) is 4.99 Å². The highest BCUT2D eigenvalue weighted by molar-refractivity contribution is 14.0. The molecule has 0 atom stereocenters. The van der Waals surface area contributed by atoms with Crippen LogP contribution in [-0.2, 0) is 9.47 Å². The van der Waals surface area contributed by atoms with Gasteiger partial charge in [0.2, 0.25) is 0 Å². The van der Waals surface area contributed by atoms with E-state index in [1.807, 2.05) is 7.05 Å². The molecule has 0 radical (unpaired) electrons. The van der Waals surface area contributed by atoms with Crippen molar-refractivity contribution in [2.75, 3.05) is 47.1 Å². The number of methoxy groups -OCH3 is 1. The number of guanidine groups is 1. The fourth-order valence-electron chi connectivity index (χ4n) is 2.27. The Balaban J connectivity index is 0. The molecule has 5 nitrogen and oxygen atoms in total. The topological polar surface area (TPSA) is 54.9 Å². The molecular formula is C18H40IN3O2. The number of unbranched alkanes of at least 4 members (excludes halogenated alkanes) is 3. The zero-order chi connectivity index (χ0) is 17.4. The average Bonchev–Trinajstić information content (AvgIpc) is 2.53. The zero-order valence-electron chi connectivity index (χ0n) is 16.5. The van der Waals surface area contributed by atoms with Gasteiger partial charge in [0.05, 0.1) is 13.2 Å². The SMILES string of the molecule is CCCCCC(C)(C)CNC(=NC)NCCCCOCCOC.I. The third kappa shape index (κ3) is 16.8. The molecule has 146 valence electrons. The van der Waals surface area contributed by atoms with E-state index in [0.29, 0.717) is 18.6 Å². The molecule has 0 spiro atoms. The van der Waals surface area contributed by atoms with Gasteiger partial charge >= 0.3 is 0 Å². The predicted octanol–water partition coefficient (Wildman–Crippen LogP) is 3.82. The molecule has 0 aliphatic heterocycles. The second-order valence-electron chi connectivity index (χ2n) is 6.79. The molecule has 0 aromatic heterocycles. The Morgan fingerprint density at radius 3 is 2.38 bits per heavy atom. The maximum Gasteiger partial charge on any atom is 0.190 e. The van der Waals surface area contributed by atoms with Crippen LogP contribution in [0.3, 0.4) is 0 Å². The molecule has 0 bridgehead atoms. The first-order chi connectivity index (χ1) is 11.1. The molecule has 0 rings (SSSR count). The van der Waals surface area contributed by atoms with Crippen molar-refractivity contribution in [3.8, 4) is 0 Å². The summed E-state index contributed by atoms with van der Waals surface area (Å²) in [6.45, 7) is 10.9. The van der Waals surface area contributed by atoms with Gasteiger partial charge in [-0.05, 0) is 24.7 Å². The highest BCUT2D eigenvalue weighted by atomic mass is 127. The molecule has 0 aliphatic rings. The smallest absolute Gasteiger partial charge is 0.190 e. The van der Waals surface area contributed by atoms with E-state index in [0.717, 1.165) is 38.5 Å². The molecule has 0 saturated heterocycles. The maximum atomic E-state index is 5.45. The minimum Gasteiger partial charge on any atom is -0.382 e. The third-order valence-corrected chi connectivity index (χ3v) is 3.85. The number of rotatable bonds is 14. The molecule has 0 saturated carbocycles. The zero-order valence-corrected chi connectivity index (χ0v) is 18.8. The lowest BCUT2D eigenvalue weighted by Gasteiger charge is -2.26. The Hall–Kier alpha value is -0.0800. The van der Waals surface area contributed by atoms with Gasteiger partial charge in [0.15, 0.2) is 5.96 Å². The van der Waals surface area contributed by atoms with E-state index in [1.54, 1.807) is 7.11 Å². The van der Waals surface area contributed by atoms with Gasteiger partial charge in [-0.3, -0.25) is 4.99 Å². The summed E-state index contributed by atoms with van der Waals surface area (Å²) in [7, 11) is 3.52. The Morgan fingerprint density at radius 1 is 1.00 bits per heavy atom. The Kier molecular flexibility index (Phi) is 19.3. The van der Waals surface area contributed by atoms with Crippen LogP contribution in [0.1, 0.15) is 59.3 Å². The van der Waals surface area contributed by atoms with Crippen LogP contribution < -0.4 is 10.6 Å². The van der Waals surface area contributed by atoms with Crippen molar-refractivity contribution in [3.63, 3.8) is 0 Å². The van der Waals surface area contributed by atoms with Gasteiger partial charge in [-0.1, -0.05) is 40.0 Å². The summed E-state index contributed by atoms with van der Waals surface area (Å²) < 4.78 is 10.4. The van der Waals surface area contributed by atoms with Crippen LogP contribution in [0.2, 0.25) is 0 Å². The van der Waals surface area contributed by atoms with Gasteiger partial charge in [0.1, 0.15) is 0 Å². The largest absolute Gasteiger partial charge is 0.382 e. The van der Waals surface area contributed by atoms with E-state index in [2.05, 4.69) is 36.4 Å². The Bertz CT molecular complexity index is 300. The minimum absolute atomic E-state index is 0. The summed E-state index contributed by atoms with van der Waals surface area (Å²) in [6, 6.07) is 0. The van der Waals surface area contributed by atoms with E-state index in [4.69, 9.17) is 9.47 Å². The molecule has 2 N–H and O–H groups in total. The van der Waals surface area contributed by atoms with Crippen molar-refractivity contribution < 1.29 is 9.47 Å². The van der Waals surface area contributed by atoms with E-state index in [-0.39, 0.29) is 24.0 Å². The van der Waals surface area contributed by atoms with Crippen LogP contribution in [0.5, 0.6) is 0 Å². The Labute approximate surface area is 166 Å². The number of halogens is 1. The normalized spacial score (nSPS) is 12.0. The molecule has 6 heteroatoms. The number of nitrogens with zero attached hydrogens (tertiary/aromatic N) is 1. The van der Waals surface area contributed by atoms with Crippen molar-refractivity contribution in [2.45, 2.75) is 59.3 Å². The summed E-state index contributed by atoms with van der Waals surface area (Å²) in [5.74, 6) is 0.897. The molecule has 0 unspecified atom stereocenters. The Morgan fingerprint density at radius 2 is 1.75 bits per heavy atom. The molecule has 0 aromatic rings. The van der Waals surface area contributed by atoms with Crippen LogP contribution in [0, 0.1) is 5.41 Å². The maximum absolute atomic E-state index is 5.45. The van der Waals surface area contributed by atoms with Crippen LogP contribution in [0.4, 0.5) is 0 Å². The molecule has 0 amide bonds. The van der Waals surface area contributed by atoms with Crippen molar-refractivity contribution in [3.05, 3.63) is 0 Å². The van der Waals surface area contributed by atoms with Crippen molar-refractivity contribution >= 4 is 29.9 Å². The average molecular weight is 457 g/mol. The van der Waals surface area contributed by atoms with Crippen LogP contribution in [-0.4, -0.2) is 53.0 Å². The van der Waals surface area contributed by atoms with Crippen molar-refractivity contribution in [2.24, 2.45) is 10.4 Å². The molecule has 0 fully saturated rings. The monoisotopic (exact) mass is 457 g/mol. The van der Waals surface area contributed by atoms with Gasteiger partial charge in [-0.15, -0.1) is 24.0 Å². The molecule has 0 aromatic carbocycles. The number of nitrogens with one attached hydrogen (secondary N) is 2. The van der Waals surface area contributed by atoms with Crippen LogP contribution >= 0.6 is 24.0 Å². The number of hydrogen-bond acceptors (Lipinski definition) is 3. The number of hydrogen-bond donors (Lipinski definition) is 2. The van der Waals surface area contributed by atoms with Crippen molar-refractivity contribution in [1.82, 2.24) is 10.6 Å². The second-order valence-corrected chi connectivity index (χ2v) is 6.79. The summed E-state index contributed by atoms with van der Waals surface area (Å²) in [5.41, 5.74) is 0.308. The second kappa shape index (κ2) is 17.7. The minimum atomic E-state index is 0. The molecular weight excluding hydrogens is 417 g/mol. The first-order valence-electron chi connectivity index (χ1n) is 9.07. The standard InChI is InChI=1S/C18H39N3O2.HI/c1-6-7-8-11-18(2,3)16-21-17(19-4)20-12-9-10-13-23-15-14-22-5;/h6-16H2,1-5H3,(H2,19,20,21);1H. The van der Waals surface area contributed by atoms with E-state index >= 15 is 0 Å². The lowest BCUT2D eigenvalue weighted by Crippen LogP contribution is -2.42. The summed E-state index contributed by atoms with van der Waals surface area (Å²) in [6.07, 6.45) is 7.29. The summed E-state index contributed by atoms with van der Waals surface area (Å²) >= 11 is 0. The lowest BCUT2D eigenvalue weighted by molar-refractivity contribution is 0.0689. The fraction of sp³-hybridized carbons (Fsp3) is 0.944. The molecule has 0 aliphatic carbocycles. The summed E-state index contributed by atoms with van der Waals surface area (Å²) in [4.78, 5) is 4.29. The first kappa shape index (κ1) is 26.2. The highest BCUT2D eigenvalue weighted by Crippen LogP contribution is 2.22. The molecule has 0 heterocycles. The van der Waals surface area contributed by atoms with Gasteiger partial charge < -0.3 is 20.1 Å². The van der Waals surface area contributed by atoms with Gasteiger partial charge in [-0.2, -0.15) is 0 Å². The number of aliphatic imine (C=N–C) groups is 1. The van der Waals surface area contributed by atoms with Crippen molar-refractivity contribution in [1.29, 1.82) is 0 Å². The van der Waals surface area contributed by atoms with Gasteiger partial charge in [0, 0.05) is 33.9 Å². The first-order valence-corrected chi connectivity index (χ1v) is 9.07. The van der Waals surface area contributed by atoms with Crippen LogP contribution in [0.25, 0.3) is 0 Å². The fourth-order valence-corrected chi connectivity index (χ4v) is 2.27. The van der Waals surface area contributed by atoms with E-state index in [1.165, 1.54) is 25.7 Å². The molecule has 24 heavy (non-hydrogen) atoms. The van der Waals surface area contributed by atoms with E-state index in [9.17, 15) is 0 Å². The third-order valence-electron chi connectivity index (χ3n) is 3.85. The van der Waals surface area contributed by atoms with Gasteiger partial charge in [-0.25, -0.2) is 0 Å². The van der Waals surface area contributed by atoms with Gasteiger partial charge in [0.25, 0.3) is 0 Å². The van der Waals surface area contributed by atoms with E-state index < -0.39 is 0 Å². The highest BCUT2D eigenvalue weighted by Gasteiger charge is 2.17. The number of ether oxygens (including phenoxy) is 2. The summed E-state index contributed by atoms with van der Waals surface area (Å²) in [5, 5.41) is 6.82. The quantitative estimate of drug-likeness (QED) is 0.180. The lowest BCUT2D eigenvalue weighted by atomic mass is 9.87.